The molecule has 2 unspecified atom stereocenters. The van der Waals surface area contributed by atoms with Crippen LogP contribution in [0.4, 0.5) is 0 Å². The van der Waals surface area contributed by atoms with E-state index < -0.39 is 0 Å². The summed E-state index contributed by atoms with van der Waals surface area (Å²) in [5.41, 5.74) is 12.8. The van der Waals surface area contributed by atoms with Gasteiger partial charge in [0.25, 0.3) is 0 Å². The molecule has 2 aliphatic carbocycles. The van der Waals surface area contributed by atoms with Gasteiger partial charge in [-0.2, -0.15) is 0 Å². The van der Waals surface area contributed by atoms with Crippen LogP contribution in [0.2, 0.25) is 0 Å². The maximum Gasteiger partial charge on any atom is 0.0780 e. The second kappa shape index (κ2) is 10.5. The van der Waals surface area contributed by atoms with Crippen molar-refractivity contribution in [1.82, 2.24) is 9.97 Å². The van der Waals surface area contributed by atoms with Gasteiger partial charge in [-0.1, -0.05) is 134 Å². The Morgan fingerprint density at radius 2 is 1.42 bits per heavy atom. The molecule has 0 aliphatic heterocycles. The second-order valence-electron chi connectivity index (χ2n) is 11.5. The highest BCUT2D eigenvalue weighted by Crippen LogP contribution is 2.41. The lowest BCUT2D eigenvalue weighted by molar-refractivity contribution is 0.598. The highest BCUT2D eigenvalue weighted by molar-refractivity contribution is 5.99. The zero-order valence-corrected chi connectivity index (χ0v) is 24.0. The number of allylic oxidation sites excluding steroid dienone is 8. The Bertz CT molecular complexity index is 2120. The summed E-state index contributed by atoms with van der Waals surface area (Å²) in [5, 5.41) is 2.31. The van der Waals surface area contributed by atoms with E-state index in [-0.39, 0.29) is 0 Å². The summed E-state index contributed by atoms with van der Waals surface area (Å²) in [6.45, 7) is 2.33. The number of rotatable bonds is 4. The minimum atomic E-state index is 0.331. The molecule has 204 valence electrons. The summed E-state index contributed by atoms with van der Waals surface area (Å²) in [5.74, 6) is 0.702. The molecule has 6 aromatic rings. The Hall–Kier alpha value is -5.34. The monoisotopic (exact) mass is 550 g/mol. The predicted molar refractivity (Wildman–Crippen MR) is 180 cm³/mol. The standard InChI is InChI=1S/C41H30N2/c1-27-34-14-6-5-11-29(34)20-22-35(27)40-26-38(37-23-21-33(25-39(37)43-40)28-9-3-2-4-10-28)31-18-16-30(17-19-31)36-15-7-12-32-13-8-24-42-41(32)36/h2-27,34H,1H3. The minimum Gasteiger partial charge on any atom is -0.256 e. The van der Waals surface area contributed by atoms with E-state index in [0.717, 1.165) is 38.6 Å². The number of benzene rings is 4. The molecule has 2 aliphatic rings. The summed E-state index contributed by atoms with van der Waals surface area (Å²) in [4.78, 5) is 9.99. The molecule has 2 heteroatoms. The number of hydrogen-bond acceptors (Lipinski definition) is 2. The number of fused-ring (bicyclic) bond motifs is 3. The van der Waals surface area contributed by atoms with E-state index in [1.54, 1.807) is 0 Å². The highest BCUT2D eigenvalue weighted by Gasteiger charge is 2.27. The Morgan fingerprint density at radius 3 is 2.28 bits per heavy atom. The Labute approximate surface area is 252 Å². The molecule has 4 aromatic carbocycles. The fourth-order valence-corrected chi connectivity index (χ4v) is 6.64. The average Bonchev–Trinajstić information content (AvgIpc) is 3.08. The van der Waals surface area contributed by atoms with Crippen LogP contribution in [0.15, 0.2) is 157 Å². The number of nitrogens with zero attached hydrogens (tertiary/aromatic N) is 2. The van der Waals surface area contributed by atoms with Crippen molar-refractivity contribution in [2.45, 2.75) is 6.92 Å². The first-order valence-corrected chi connectivity index (χ1v) is 14.9. The first-order valence-electron chi connectivity index (χ1n) is 14.9. The third-order valence-electron chi connectivity index (χ3n) is 8.94. The van der Waals surface area contributed by atoms with Crippen molar-refractivity contribution in [2.24, 2.45) is 11.8 Å². The number of para-hydroxylation sites is 1. The quantitative estimate of drug-likeness (QED) is 0.218. The molecule has 0 saturated carbocycles. The molecule has 8 rings (SSSR count). The second-order valence-corrected chi connectivity index (χ2v) is 11.5. The Kier molecular flexibility index (Phi) is 6.19. The smallest absolute Gasteiger partial charge is 0.0780 e. The van der Waals surface area contributed by atoms with Crippen LogP contribution in [0.5, 0.6) is 0 Å². The summed E-state index contributed by atoms with van der Waals surface area (Å²) in [6, 6.07) is 39.0. The van der Waals surface area contributed by atoms with E-state index in [1.165, 1.54) is 33.4 Å². The molecule has 0 amide bonds. The van der Waals surface area contributed by atoms with Crippen LogP contribution in [0, 0.1) is 11.8 Å². The summed E-state index contributed by atoms with van der Waals surface area (Å²) < 4.78 is 0. The SMILES string of the molecule is CC1C(c2cc(-c3ccc(-c4cccc5cccnc45)cc3)c3ccc(-c4ccccc4)cc3n2)=CC=C2C=CC=CC21. The van der Waals surface area contributed by atoms with Crippen molar-refractivity contribution in [1.29, 1.82) is 0 Å². The van der Waals surface area contributed by atoms with Crippen LogP contribution in [0.25, 0.3) is 60.8 Å². The molecule has 0 saturated heterocycles. The van der Waals surface area contributed by atoms with Crippen LogP contribution in [0.3, 0.4) is 0 Å². The number of aromatic nitrogens is 2. The van der Waals surface area contributed by atoms with Gasteiger partial charge in [0.15, 0.2) is 0 Å². The van der Waals surface area contributed by atoms with Gasteiger partial charge in [0.1, 0.15) is 0 Å². The maximum atomic E-state index is 5.31. The van der Waals surface area contributed by atoms with Crippen molar-refractivity contribution in [3.05, 3.63) is 163 Å². The van der Waals surface area contributed by atoms with E-state index in [2.05, 4.69) is 151 Å². The lowest BCUT2D eigenvalue weighted by atomic mass is 9.75. The van der Waals surface area contributed by atoms with E-state index in [0.29, 0.717) is 11.8 Å². The normalized spacial score (nSPS) is 17.5. The predicted octanol–water partition coefficient (Wildman–Crippen LogP) is 10.5. The fraction of sp³-hybridized carbons (Fsp3) is 0.0732. The van der Waals surface area contributed by atoms with Gasteiger partial charge in [-0.3, -0.25) is 4.98 Å². The Morgan fingerprint density at radius 1 is 0.628 bits per heavy atom. The Balaban J connectivity index is 1.28. The molecular formula is C41H30N2. The maximum absolute atomic E-state index is 5.31. The van der Waals surface area contributed by atoms with E-state index in [1.807, 2.05) is 12.3 Å². The van der Waals surface area contributed by atoms with Gasteiger partial charge in [0.2, 0.25) is 0 Å². The highest BCUT2D eigenvalue weighted by atomic mass is 14.7. The molecular weight excluding hydrogens is 520 g/mol. The fourth-order valence-electron chi connectivity index (χ4n) is 6.64. The van der Waals surface area contributed by atoms with Gasteiger partial charge in [0.05, 0.1) is 16.7 Å². The zero-order valence-electron chi connectivity index (χ0n) is 24.0. The molecule has 2 aromatic heterocycles. The third-order valence-corrected chi connectivity index (χ3v) is 8.94. The molecule has 2 atom stereocenters. The van der Waals surface area contributed by atoms with Crippen LogP contribution in [-0.2, 0) is 0 Å². The van der Waals surface area contributed by atoms with Gasteiger partial charge < -0.3 is 0 Å². The van der Waals surface area contributed by atoms with Gasteiger partial charge >= 0.3 is 0 Å². The van der Waals surface area contributed by atoms with E-state index in [9.17, 15) is 0 Å². The van der Waals surface area contributed by atoms with E-state index >= 15 is 0 Å². The largest absolute Gasteiger partial charge is 0.256 e. The van der Waals surface area contributed by atoms with Crippen LogP contribution >= 0.6 is 0 Å². The minimum absolute atomic E-state index is 0.331. The molecule has 0 bridgehead atoms. The average molecular weight is 551 g/mol. The van der Waals surface area contributed by atoms with E-state index in [4.69, 9.17) is 4.98 Å². The van der Waals surface area contributed by atoms with Crippen molar-refractivity contribution >= 4 is 27.4 Å². The zero-order chi connectivity index (χ0) is 28.8. The van der Waals surface area contributed by atoms with Gasteiger partial charge in [-0.15, -0.1) is 0 Å². The van der Waals surface area contributed by atoms with Gasteiger partial charge in [0, 0.05) is 28.5 Å². The molecule has 43 heavy (non-hydrogen) atoms. The summed E-state index contributed by atoms with van der Waals surface area (Å²) in [6.07, 6.45) is 15.2. The van der Waals surface area contributed by atoms with Crippen molar-refractivity contribution < 1.29 is 0 Å². The molecule has 0 spiro atoms. The third kappa shape index (κ3) is 4.52. The lowest BCUT2D eigenvalue weighted by Crippen LogP contribution is -2.18. The summed E-state index contributed by atoms with van der Waals surface area (Å²) >= 11 is 0. The number of pyridine rings is 2. The van der Waals surface area contributed by atoms with Crippen molar-refractivity contribution in [2.75, 3.05) is 0 Å². The van der Waals surface area contributed by atoms with Crippen molar-refractivity contribution in [3.8, 4) is 33.4 Å². The van der Waals surface area contributed by atoms with Gasteiger partial charge in [-0.05, 0) is 63.1 Å². The molecule has 0 radical (unpaired) electrons. The lowest BCUT2D eigenvalue weighted by Gasteiger charge is -2.29. The first kappa shape index (κ1) is 25.4. The number of hydrogen-bond donors (Lipinski definition) is 0. The summed E-state index contributed by atoms with van der Waals surface area (Å²) in [7, 11) is 0. The topological polar surface area (TPSA) is 25.8 Å². The van der Waals surface area contributed by atoms with Crippen LogP contribution < -0.4 is 0 Å². The molecule has 0 N–H and O–H groups in total. The van der Waals surface area contributed by atoms with Crippen molar-refractivity contribution in [3.63, 3.8) is 0 Å². The molecule has 0 fully saturated rings. The van der Waals surface area contributed by atoms with Crippen LogP contribution in [0.1, 0.15) is 12.6 Å². The molecule has 2 nitrogen and oxygen atoms in total. The first-order chi connectivity index (χ1) is 21.2. The van der Waals surface area contributed by atoms with Gasteiger partial charge in [-0.25, -0.2) is 4.98 Å². The van der Waals surface area contributed by atoms with Crippen LogP contribution in [-0.4, -0.2) is 9.97 Å². The molecule has 2 heterocycles.